The lowest BCUT2D eigenvalue weighted by Crippen LogP contribution is -2.56. The van der Waals surface area contributed by atoms with Gasteiger partial charge in [-0.2, -0.15) is 0 Å². The molecule has 0 bridgehead atoms. The summed E-state index contributed by atoms with van der Waals surface area (Å²) in [6, 6.07) is 14.1. The van der Waals surface area contributed by atoms with Crippen molar-refractivity contribution in [2.75, 3.05) is 4.90 Å². The maximum atomic E-state index is 13.4. The van der Waals surface area contributed by atoms with E-state index in [1.807, 2.05) is 42.5 Å². The zero-order valence-electron chi connectivity index (χ0n) is 17.5. The Labute approximate surface area is 181 Å². The van der Waals surface area contributed by atoms with Gasteiger partial charge in [0.15, 0.2) is 0 Å². The first kappa shape index (κ1) is 22.5. The van der Waals surface area contributed by atoms with Crippen molar-refractivity contribution in [1.29, 1.82) is 0 Å². The summed E-state index contributed by atoms with van der Waals surface area (Å²) in [4.78, 5) is 38.4. The van der Waals surface area contributed by atoms with Crippen molar-refractivity contribution in [3.05, 3.63) is 65.7 Å². The normalized spacial score (nSPS) is 18.4. The van der Waals surface area contributed by atoms with Gasteiger partial charge >= 0.3 is 11.9 Å². The van der Waals surface area contributed by atoms with Crippen molar-refractivity contribution in [3.8, 4) is 0 Å². The molecule has 0 spiro atoms. The molecule has 3 unspecified atom stereocenters. The number of para-hydroxylation sites is 1. The van der Waals surface area contributed by atoms with Crippen molar-refractivity contribution >= 4 is 23.5 Å². The highest BCUT2D eigenvalue weighted by Crippen LogP contribution is 2.28. The highest BCUT2D eigenvalue weighted by Gasteiger charge is 2.36. The number of benzene rings is 2. The van der Waals surface area contributed by atoms with Gasteiger partial charge in [-0.1, -0.05) is 48.5 Å². The van der Waals surface area contributed by atoms with E-state index in [0.717, 1.165) is 11.1 Å². The van der Waals surface area contributed by atoms with Gasteiger partial charge in [0.05, 0.1) is 6.04 Å². The Balaban J connectivity index is 1.83. The predicted octanol–water partition coefficient (Wildman–Crippen LogP) is 2.87. The zero-order valence-corrected chi connectivity index (χ0v) is 17.5. The number of rotatable bonds is 8. The highest BCUT2D eigenvalue weighted by atomic mass is 16.4. The Morgan fingerprint density at radius 1 is 1.06 bits per heavy atom. The van der Waals surface area contributed by atoms with Crippen LogP contribution in [0.3, 0.4) is 0 Å². The molecular formula is C24H28N2O5. The highest BCUT2D eigenvalue weighted by molar-refractivity contribution is 6.02. The molecule has 0 fully saturated rings. The Kier molecular flexibility index (Phi) is 7.41. The van der Waals surface area contributed by atoms with Crippen LogP contribution in [0.2, 0.25) is 0 Å². The lowest BCUT2D eigenvalue weighted by Gasteiger charge is -2.35. The molecule has 7 heteroatoms. The number of anilines is 1. The number of carbonyl (C=O) groups is 3. The third-order valence-electron chi connectivity index (χ3n) is 5.74. The average molecular weight is 424 g/mol. The molecule has 0 aromatic heterocycles. The third-order valence-corrected chi connectivity index (χ3v) is 5.74. The molecule has 1 heterocycles. The number of nitrogens with zero attached hydrogens (tertiary/aromatic N) is 1. The monoisotopic (exact) mass is 424 g/mol. The second-order valence-corrected chi connectivity index (χ2v) is 7.88. The maximum Gasteiger partial charge on any atom is 0.326 e. The topological polar surface area (TPSA) is 107 Å². The van der Waals surface area contributed by atoms with Gasteiger partial charge in [0.25, 0.3) is 0 Å². The summed E-state index contributed by atoms with van der Waals surface area (Å²) >= 11 is 0. The molecule has 7 nitrogen and oxygen atoms in total. The van der Waals surface area contributed by atoms with Crippen molar-refractivity contribution in [2.45, 2.75) is 57.2 Å². The van der Waals surface area contributed by atoms with Gasteiger partial charge < -0.3 is 10.2 Å². The lowest BCUT2D eigenvalue weighted by molar-refractivity contribution is -0.141. The maximum absolute atomic E-state index is 13.4. The molecule has 31 heavy (non-hydrogen) atoms. The summed E-state index contributed by atoms with van der Waals surface area (Å²) in [6.45, 7) is 1.47. The van der Waals surface area contributed by atoms with Gasteiger partial charge in [0.2, 0.25) is 5.91 Å². The van der Waals surface area contributed by atoms with Crippen molar-refractivity contribution in [2.24, 2.45) is 0 Å². The van der Waals surface area contributed by atoms with Crippen molar-refractivity contribution in [1.82, 2.24) is 5.32 Å². The van der Waals surface area contributed by atoms with Gasteiger partial charge in [-0.3, -0.25) is 19.8 Å². The van der Waals surface area contributed by atoms with E-state index in [1.165, 1.54) is 11.8 Å². The standard InChI is InChI=1S/C24H28N2O5/c1-16(23(28)29)26-21-13-6-5-10-18(21)11-7-12-19(22(26)27)25-20(24(30)31)15-14-17-8-3-2-4-9-17/h2-6,8-10,13,16,19-20,25H,7,11-12,14-15H2,1H3,(H,28,29)(H,30,31). The number of carboxylic acids is 2. The van der Waals surface area contributed by atoms with Gasteiger partial charge in [-0.15, -0.1) is 0 Å². The lowest BCUT2D eigenvalue weighted by atomic mass is 9.96. The number of aryl methyl sites for hydroxylation is 2. The first-order valence-electron chi connectivity index (χ1n) is 10.5. The smallest absolute Gasteiger partial charge is 0.326 e. The molecule has 164 valence electrons. The Morgan fingerprint density at radius 3 is 2.42 bits per heavy atom. The fraction of sp³-hybridized carbons (Fsp3) is 0.375. The summed E-state index contributed by atoms with van der Waals surface area (Å²) in [7, 11) is 0. The van der Waals surface area contributed by atoms with Gasteiger partial charge in [0.1, 0.15) is 12.1 Å². The molecule has 3 atom stereocenters. The predicted molar refractivity (Wildman–Crippen MR) is 117 cm³/mol. The minimum atomic E-state index is -1.11. The molecule has 1 aliphatic heterocycles. The molecule has 1 amide bonds. The van der Waals surface area contributed by atoms with E-state index >= 15 is 0 Å². The van der Waals surface area contributed by atoms with E-state index in [0.29, 0.717) is 37.8 Å². The van der Waals surface area contributed by atoms with Crippen molar-refractivity contribution < 1.29 is 24.6 Å². The van der Waals surface area contributed by atoms with E-state index < -0.39 is 36.0 Å². The Bertz CT molecular complexity index is 931. The van der Waals surface area contributed by atoms with Crippen LogP contribution in [0.4, 0.5) is 5.69 Å². The molecule has 2 aromatic rings. The fourth-order valence-electron chi connectivity index (χ4n) is 4.01. The van der Waals surface area contributed by atoms with E-state index in [4.69, 9.17) is 0 Å². The largest absolute Gasteiger partial charge is 0.480 e. The summed E-state index contributed by atoms with van der Waals surface area (Å²) < 4.78 is 0. The zero-order chi connectivity index (χ0) is 22.4. The molecular weight excluding hydrogens is 396 g/mol. The van der Waals surface area contributed by atoms with Crippen LogP contribution in [-0.2, 0) is 27.2 Å². The first-order valence-corrected chi connectivity index (χ1v) is 10.5. The molecule has 2 aromatic carbocycles. The summed E-state index contributed by atoms with van der Waals surface area (Å²) in [5, 5.41) is 22.3. The minimum absolute atomic E-state index is 0.328. The van der Waals surface area contributed by atoms with Crippen LogP contribution in [0.1, 0.15) is 37.3 Å². The number of hydrogen-bond acceptors (Lipinski definition) is 4. The molecule has 0 saturated carbocycles. The van der Waals surface area contributed by atoms with Gasteiger partial charge in [-0.25, -0.2) is 4.79 Å². The number of hydrogen-bond donors (Lipinski definition) is 3. The number of aliphatic carboxylic acids is 2. The van der Waals surface area contributed by atoms with Gasteiger partial charge in [0, 0.05) is 5.69 Å². The van der Waals surface area contributed by atoms with E-state index in [2.05, 4.69) is 5.32 Å². The van der Waals surface area contributed by atoms with Crippen LogP contribution < -0.4 is 10.2 Å². The summed E-state index contributed by atoms with van der Waals surface area (Å²) in [5.41, 5.74) is 2.51. The SMILES string of the molecule is CC(C(=O)O)N1C(=O)C(NC(CCc2ccccc2)C(=O)O)CCCc2ccccc21. The van der Waals surface area contributed by atoms with Crippen LogP contribution in [0, 0.1) is 0 Å². The molecule has 3 rings (SSSR count). The average Bonchev–Trinajstić information content (AvgIpc) is 2.75. The van der Waals surface area contributed by atoms with Crippen LogP contribution in [0.25, 0.3) is 0 Å². The second kappa shape index (κ2) is 10.2. The van der Waals surface area contributed by atoms with E-state index in [1.54, 1.807) is 12.1 Å². The Morgan fingerprint density at radius 2 is 1.74 bits per heavy atom. The van der Waals surface area contributed by atoms with Crippen LogP contribution >= 0.6 is 0 Å². The third kappa shape index (κ3) is 5.49. The van der Waals surface area contributed by atoms with Crippen LogP contribution in [0.5, 0.6) is 0 Å². The quantitative estimate of drug-likeness (QED) is 0.602. The minimum Gasteiger partial charge on any atom is -0.480 e. The second-order valence-electron chi connectivity index (χ2n) is 7.88. The number of fused-ring (bicyclic) bond motifs is 1. The van der Waals surface area contributed by atoms with Crippen LogP contribution in [-0.4, -0.2) is 46.2 Å². The summed E-state index contributed by atoms with van der Waals surface area (Å²) in [6.07, 6.45) is 2.70. The molecule has 0 radical (unpaired) electrons. The number of carbonyl (C=O) groups excluding carboxylic acids is 1. The van der Waals surface area contributed by atoms with Crippen LogP contribution in [0.15, 0.2) is 54.6 Å². The van der Waals surface area contributed by atoms with Crippen molar-refractivity contribution in [3.63, 3.8) is 0 Å². The Hall–Kier alpha value is -3.19. The fourth-order valence-corrected chi connectivity index (χ4v) is 4.01. The number of nitrogens with one attached hydrogen (secondary N) is 1. The van der Waals surface area contributed by atoms with E-state index in [9.17, 15) is 24.6 Å². The molecule has 0 saturated heterocycles. The molecule has 3 N–H and O–H groups in total. The number of amides is 1. The van der Waals surface area contributed by atoms with Gasteiger partial charge in [-0.05, 0) is 56.2 Å². The number of carboxylic acid groups (broad SMARTS) is 2. The first-order chi connectivity index (χ1) is 14.9. The van der Waals surface area contributed by atoms with E-state index in [-0.39, 0.29) is 0 Å². The molecule has 0 aliphatic carbocycles. The molecule has 1 aliphatic rings. The summed E-state index contributed by atoms with van der Waals surface area (Å²) in [5.74, 6) is -2.54.